The van der Waals surface area contributed by atoms with Gasteiger partial charge in [-0.15, -0.1) is 0 Å². The highest BCUT2D eigenvalue weighted by Crippen LogP contribution is 2.57. The van der Waals surface area contributed by atoms with Crippen molar-refractivity contribution in [2.45, 2.75) is 24.4 Å². The molecule has 2 aromatic rings. The second kappa shape index (κ2) is 4.23. The number of rotatable bonds is 3. The highest BCUT2D eigenvalue weighted by atomic mass is 79.9. The first-order valence-electron chi connectivity index (χ1n) is 5.69. The fourth-order valence-corrected chi connectivity index (χ4v) is 3.94. The van der Waals surface area contributed by atoms with Crippen molar-refractivity contribution in [3.8, 4) is 0 Å². The SMILES string of the molecule is OC(c1cscc1Br)C1(c2ccccc2)CC1. The van der Waals surface area contributed by atoms with E-state index >= 15 is 0 Å². The van der Waals surface area contributed by atoms with E-state index in [4.69, 9.17) is 0 Å². The van der Waals surface area contributed by atoms with Gasteiger partial charge in [0.15, 0.2) is 0 Å². The summed E-state index contributed by atoms with van der Waals surface area (Å²) in [6.07, 6.45) is 1.74. The third-order valence-electron chi connectivity index (χ3n) is 3.60. The predicted molar refractivity (Wildman–Crippen MR) is 74.3 cm³/mol. The summed E-state index contributed by atoms with van der Waals surface area (Å²) in [6, 6.07) is 10.4. The Kier molecular flexibility index (Phi) is 2.85. The van der Waals surface area contributed by atoms with Gasteiger partial charge in [-0.05, 0) is 39.7 Å². The monoisotopic (exact) mass is 308 g/mol. The molecular weight excluding hydrogens is 296 g/mol. The van der Waals surface area contributed by atoms with Gasteiger partial charge in [-0.3, -0.25) is 0 Å². The van der Waals surface area contributed by atoms with E-state index in [2.05, 4.69) is 28.1 Å². The van der Waals surface area contributed by atoms with E-state index in [1.807, 2.05) is 29.0 Å². The number of aliphatic hydroxyl groups is 1. The van der Waals surface area contributed by atoms with Crippen molar-refractivity contribution in [2.24, 2.45) is 0 Å². The molecule has 88 valence electrons. The molecule has 3 heteroatoms. The molecule has 0 radical (unpaired) electrons. The molecule has 1 saturated carbocycles. The molecule has 1 heterocycles. The van der Waals surface area contributed by atoms with Crippen LogP contribution in [0.15, 0.2) is 45.6 Å². The van der Waals surface area contributed by atoms with Crippen LogP contribution in [0.2, 0.25) is 0 Å². The fraction of sp³-hybridized carbons (Fsp3) is 0.286. The van der Waals surface area contributed by atoms with Gasteiger partial charge < -0.3 is 5.11 Å². The van der Waals surface area contributed by atoms with E-state index in [0.29, 0.717) is 0 Å². The minimum atomic E-state index is -0.398. The second-order valence-electron chi connectivity index (χ2n) is 4.60. The van der Waals surface area contributed by atoms with Crippen LogP contribution in [0.3, 0.4) is 0 Å². The summed E-state index contributed by atoms with van der Waals surface area (Å²) in [5.41, 5.74) is 2.23. The van der Waals surface area contributed by atoms with Crippen LogP contribution in [0.25, 0.3) is 0 Å². The van der Waals surface area contributed by atoms with Crippen molar-refractivity contribution in [3.63, 3.8) is 0 Å². The second-order valence-corrected chi connectivity index (χ2v) is 6.20. The topological polar surface area (TPSA) is 20.2 Å². The standard InChI is InChI=1S/C14H13BrOS/c15-12-9-17-8-11(12)13(16)14(6-7-14)10-4-2-1-3-5-10/h1-5,8-9,13,16H,6-7H2. The van der Waals surface area contributed by atoms with E-state index < -0.39 is 6.10 Å². The molecule has 0 amide bonds. The summed E-state index contributed by atoms with van der Waals surface area (Å²) in [6.45, 7) is 0. The first-order valence-corrected chi connectivity index (χ1v) is 7.43. The Morgan fingerprint density at radius 3 is 2.41 bits per heavy atom. The maximum atomic E-state index is 10.6. The van der Waals surface area contributed by atoms with E-state index in [9.17, 15) is 5.11 Å². The Morgan fingerprint density at radius 1 is 1.18 bits per heavy atom. The number of hydrogen-bond acceptors (Lipinski definition) is 2. The molecule has 1 fully saturated rings. The lowest BCUT2D eigenvalue weighted by molar-refractivity contribution is 0.133. The van der Waals surface area contributed by atoms with Crippen LogP contribution < -0.4 is 0 Å². The Bertz CT molecular complexity index is 516. The van der Waals surface area contributed by atoms with E-state index in [-0.39, 0.29) is 5.41 Å². The smallest absolute Gasteiger partial charge is 0.0905 e. The lowest BCUT2D eigenvalue weighted by atomic mass is 9.87. The Hall–Kier alpha value is -0.640. The summed E-state index contributed by atoms with van der Waals surface area (Å²) in [7, 11) is 0. The van der Waals surface area contributed by atoms with Gasteiger partial charge in [0.05, 0.1) is 6.10 Å². The van der Waals surface area contributed by atoms with Gasteiger partial charge in [-0.1, -0.05) is 30.3 Å². The van der Waals surface area contributed by atoms with Gasteiger partial charge in [0.25, 0.3) is 0 Å². The molecule has 0 aliphatic heterocycles. The Balaban J connectivity index is 1.97. The molecule has 0 spiro atoms. The van der Waals surface area contributed by atoms with Crippen molar-refractivity contribution in [1.82, 2.24) is 0 Å². The summed E-state index contributed by atoms with van der Waals surface area (Å²) in [4.78, 5) is 0. The summed E-state index contributed by atoms with van der Waals surface area (Å²) in [5.74, 6) is 0. The van der Waals surface area contributed by atoms with Crippen LogP contribution in [-0.4, -0.2) is 5.11 Å². The Labute approximate surface area is 113 Å². The number of thiophene rings is 1. The van der Waals surface area contributed by atoms with Gasteiger partial charge in [0.1, 0.15) is 0 Å². The molecule has 0 bridgehead atoms. The molecule has 1 aliphatic carbocycles. The maximum absolute atomic E-state index is 10.6. The van der Waals surface area contributed by atoms with Crippen molar-refractivity contribution in [3.05, 3.63) is 56.7 Å². The van der Waals surface area contributed by atoms with Crippen LogP contribution in [-0.2, 0) is 5.41 Å². The molecule has 1 atom stereocenters. The highest BCUT2D eigenvalue weighted by molar-refractivity contribution is 9.10. The molecule has 3 rings (SSSR count). The fourth-order valence-electron chi connectivity index (χ4n) is 2.41. The largest absolute Gasteiger partial charge is 0.387 e. The molecule has 17 heavy (non-hydrogen) atoms. The lowest BCUT2D eigenvalue weighted by Crippen LogP contribution is -2.18. The van der Waals surface area contributed by atoms with Crippen molar-refractivity contribution < 1.29 is 5.11 Å². The lowest BCUT2D eigenvalue weighted by Gasteiger charge is -2.22. The molecule has 1 unspecified atom stereocenters. The average molecular weight is 309 g/mol. The van der Waals surface area contributed by atoms with Gasteiger partial charge in [-0.25, -0.2) is 0 Å². The number of aliphatic hydroxyl groups excluding tert-OH is 1. The van der Waals surface area contributed by atoms with Gasteiger partial charge in [0.2, 0.25) is 0 Å². The predicted octanol–water partition coefficient (Wildman–Crippen LogP) is 4.28. The van der Waals surface area contributed by atoms with E-state index in [1.54, 1.807) is 11.3 Å². The number of halogens is 1. The number of hydrogen-bond donors (Lipinski definition) is 1. The summed E-state index contributed by atoms with van der Waals surface area (Å²) in [5, 5.41) is 14.7. The Morgan fingerprint density at radius 2 is 1.88 bits per heavy atom. The molecule has 1 aliphatic rings. The summed E-state index contributed by atoms with van der Waals surface area (Å²) < 4.78 is 1.03. The molecule has 1 N–H and O–H groups in total. The zero-order chi connectivity index (χ0) is 11.9. The van der Waals surface area contributed by atoms with Gasteiger partial charge in [-0.2, -0.15) is 11.3 Å². The molecule has 1 aromatic carbocycles. The zero-order valence-corrected chi connectivity index (χ0v) is 11.7. The third-order valence-corrected chi connectivity index (χ3v) is 5.35. The van der Waals surface area contributed by atoms with Crippen LogP contribution in [0.5, 0.6) is 0 Å². The normalized spacial score (nSPS) is 18.9. The molecular formula is C14H13BrOS. The minimum absolute atomic E-state index is 0.0507. The summed E-state index contributed by atoms with van der Waals surface area (Å²) >= 11 is 5.14. The third kappa shape index (κ3) is 1.86. The van der Waals surface area contributed by atoms with Crippen molar-refractivity contribution >= 4 is 27.3 Å². The number of benzene rings is 1. The minimum Gasteiger partial charge on any atom is -0.387 e. The molecule has 0 saturated heterocycles. The van der Waals surface area contributed by atoms with Crippen molar-refractivity contribution in [2.75, 3.05) is 0 Å². The van der Waals surface area contributed by atoms with Crippen LogP contribution in [0, 0.1) is 0 Å². The van der Waals surface area contributed by atoms with Gasteiger partial charge >= 0.3 is 0 Å². The van der Waals surface area contributed by atoms with Crippen molar-refractivity contribution in [1.29, 1.82) is 0 Å². The quantitative estimate of drug-likeness (QED) is 0.897. The molecule has 1 nitrogen and oxygen atoms in total. The van der Waals surface area contributed by atoms with E-state index in [0.717, 1.165) is 22.9 Å². The van der Waals surface area contributed by atoms with Crippen LogP contribution >= 0.6 is 27.3 Å². The van der Waals surface area contributed by atoms with Crippen LogP contribution in [0.1, 0.15) is 30.1 Å². The highest BCUT2D eigenvalue weighted by Gasteiger charge is 2.51. The first-order chi connectivity index (χ1) is 8.24. The van der Waals surface area contributed by atoms with Crippen LogP contribution in [0.4, 0.5) is 0 Å². The molecule has 1 aromatic heterocycles. The average Bonchev–Trinajstić information content (AvgIpc) is 3.07. The van der Waals surface area contributed by atoms with E-state index in [1.165, 1.54) is 5.56 Å². The first kappa shape index (κ1) is 11.5. The van der Waals surface area contributed by atoms with Gasteiger partial charge in [0, 0.05) is 20.8 Å². The maximum Gasteiger partial charge on any atom is 0.0905 e. The zero-order valence-electron chi connectivity index (χ0n) is 9.27.